The molecule has 0 amide bonds. The lowest BCUT2D eigenvalue weighted by molar-refractivity contribution is 0.619. The Morgan fingerprint density at radius 3 is 1.43 bits per heavy atom. The van der Waals surface area contributed by atoms with E-state index >= 15 is 0 Å². The van der Waals surface area contributed by atoms with E-state index < -0.39 is 0 Å². The second-order valence-corrected chi connectivity index (χ2v) is 14.1. The van der Waals surface area contributed by atoms with E-state index in [0.29, 0.717) is 33.0 Å². The van der Waals surface area contributed by atoms with E-state index in [1.807, 2.05) is 73.1 Å². The number of aliphatic imine (C=N–C) groups is 2. The predicted molar refractivity (Wildman–Crippen MR) is 214 cm³/mol. The van der Waals surface area contributed by atoms with E-state index in [9.17, 15) is 0 Å². The van der Waals surface area contributed by atoms with Crippen LogP contribution in [0.3, 0.4) is 0 Å². The molecule has 0 unspecified atom stereocenters. The average molecular weight is 732 g/mol. The molecule has 0 aliphatic carbocycles. The molecule has 0 N–H and O–H groups in total. The van der Waals surface area contributed by atoms with Gasteiger partial charge in [-0.3, -0.25) is 9.98 Å². The summed E-state index contributed by atoms with van der Waals surface area (Å²) >= 11 is 12.2. The lowest BCUT2D eigenvalue weighted by atomic mass is 9.99. The van der Waals surface area contributed by atoms with Crippen LogP contribution in [0, 0.1) is 0 Å². The molecule has 2 bridgehead atoms. The molecule has 8 nitrogen and oxygen atoms in total. The molecule has 0 atom stereocenters. The van der Waals surface area contributed by atoms with Crippen molar-refractivity contribution in [2.24, 2.45) is 9.98 Å². The largest absolute Gasteiger partial charge is 0.436 e. The van der Waals surface area contributed by atoms with Gasteiger partial charge in [0, 0.05) is 58.1 Å². The fourth-order valence-electron chi connectivity index (χ4n) is 7.01. The summed E-state index contributed by atoms with van der Waals surface area (Å²) in [6.45, 7) is 2.52. The van der Waals surface area contributed by atoms with Crippen LogP contribution in [0.25, 0.3) is 45.1 Å². The maximum absolute atomic E-state index is 6.11. The highest BCUT2D eigenvalue weighted by Crippen LogP contribution is 2.39. The maximum Gasteiger partial charge on any atom is 0.227 e. The molecule has 10 rings (SSSR count). The summed E-state index contributed by atoms with van der Waals surface area (Å²) in [6.07, 6.45) is 3.84. The first kappa shape index (κ1) is 31.5. The minimum Gasteiger partial charge on any atom is -0.436 e. The van der Waals surface area contributed by atoms with Crippen molar-refractivity contribution < 1.29 is 8.83 Å². The third kappa shape index (κ3) is 6.12. The second-order valence-electron chi connectivity index (χ2n) is 13.2. The van der Waals surface area contributed by atoms with E-state index in [0.717, 1.165) is 64.4 Å². The van der Waals surface area contributed by atoms with E-state index in [2.05, 4.69) is 56.2 Å². The number of oxazole rings is 2. The zero-order valence-corrected chi connectivity index (χ0v) is 29.6. The number of hydrogen-bond acceptors (Lipinski definition) is 8. The zero-order chi connectivity index (χ0) is 35.5. The number of nitrogens with zero attached hydrogens (tertiary/aromatic N) is 6. The van der Waals surface area contributed by atoms with Crippen LogP contribution < -0.4 is 9.80 Å². The number of benzene rings is 6. The van der Waals surface area contributed by atoms with Crippen molar-refractivity contribution in [2.45, 2.75) is 13.1 Å². The molecule has 2 aliphatic rings. The van der Waals surface area contributed by atoms with Gasteiger partial charge >= 0.3 is 0 Å². The van der Waals surface area contributed by atoms with E-state index in [-0.39, 0.29) is 0 Å². The van der Waals surface area contributed by atoms with Gasteiger partial charge in [0.2, 0.25) is 11.8 Å². The summed E-state index contributed by atoms with van der Waals surface area (Å²) in [6, 6.07) is 39.8. The first-order chi connectivity index (χ1) is 26.0. The van der Waals surface area contributed by atoms with Crippen molar-refractivity contribution in [2.75, 3.05) is 16.5 Å². The normalized spacial score (nSPS) is 13.8. The number of aromatic nitrogens is 2. The van der Waals surface area contributed by atoms with Crippen LogP contribution in [-0.4, -0.2) is 29.1 Å². The Kier molecular flexibility index (Phi) is 7.59. The molecule has 0 radical (unpaired) electrons. The first-order valence-electron chi connectivity index (χ1n) is 17.1. The standard InChI is InChI=1S/C43H28Cl2N6O2/c44-32-7-15-40-36(19-32)48-42(52-40)28-3-9-34(10-4-28)46-21-26-1-13-38-30(17-26)23-51-25-50(38)24-31-18-27(2-14-39(31)51)22-47-35-11-5-29(6-12-35)43-49-37-20-33(45)8-16-41(37)53-43/h1-22H,23-25H2. The van der Waals surface area contributed by atoms with Crippen molar-refractivity contribution in [3.05, 3.63) is 154 Å². The molecule has 0 saturated heterocycles. The number of hydrogen-bond donors (Lipinski definition) is 0. The Balaban J connectivity index is 0.812. The highest BCUT2D eigenvalue weighted by Gasteiger charge is 2.29. The highest BCUT2D eigenvalue weighted by atomic mass is 35.5. The Bertz CT molecular complexity index is 2560. The Morgan fingerprint density at radius 2 is 0.981 bits per heavy atom. The molecule has 2 aromatic heterocycles. The van der Waals surface area contributed by atoms with E-state index in [4.69, 9.17) is 42.0 Å². The number of fused-ring (bicyclic) bond motifs is 8. The molecule has 2 aliphatic heterocycles. The van der Waals surface area contributed by atoms with Gasteiger partial charge in [-0.1, -0.05) is 35.3 Å². The van der Waals surface area contributed by atoms with Gasteiger partial charge in [-0.15, -0.1) is 0 Å². The molecular weight excluding hydrogens is 703 g/mol. The summed E-state index contributed by atoms with van der Waals surface area (Å²) < 4.78 is 11.8. The van der Waals surface area contributed by atoms with Crippen LogP contribution in [0.15, 0.2) is 140 Å². The van der Waals surface area contributed by atoms with Crippen molar-refractivity contribution in [3.63, 3.8) is 0 Å². The minimum atomic E-state index is 0.557. The average Bonchev–Trinajstić information content (AvgIpc) is 3.80. The molecule has 0 saturated carbocycles. The summed E-state index contributed by atoms with van der Waals surface area (Å²) in [5.41, 5.74) is 13.6. The van der Waals surface area contributed by atoms with Gasteiger partial charge in [0.1, 0.15) is 11.0 Å². The number of anilines is 2. The van der Waals surface area contributed by atoms with Gasteiger partial charge in [-0.2, -0.15) is 0 Å². The Hall–Kier alpha value is -6.22. The molecular formula is C43H28Cl2N6O2. The summed E-state index contributed by atoms with van der Waals surface area (Å²) in [4.78, 5) is 23.5. The van der Waals surface area contributed by atoms with Crippen molar-refractivity contribution in [1.82, 2.24) is 9.97 Å². The fraction of sp³-hybridized carbons (Fsp3) is 0.0698. The maximum atomic E-state index is 6.11. The third-order valence-electron chi connectivity index (χ3n) is 9.61. The first-order valence-corrected chi connectivity index (χ1v) is 17.9. The summed E-state index contributed by atoms with van der Waals surface area (Å²) in [5.74, 6) is 1.11. The van der Waals surface area contributed by atoms with E-state index in [1.165, 1.54) is 22.5 Å². The van der Waals surface area contributed by atoms with E-state index in [1.54, 1.807) is 24.3 Å². The monoisotopic (exact) mass is 730 g/mol. The van der Waals surface area contributed by atoms with Crippen LogP contribution in [0.1, 0.15) is 22.3 Å². The van der Waals surface area contributed by atoms with Crippen LogP contribution in [0.4, 0.5) is 22.7 Å². The van der Waals surface area contributed by atoms with Crippen LogP contribution in [0.2, 0.25) is 10.0 Å². The number of halogens is 2. The lowest BCUT2D eigenvalue weighted by Crippen LogP contribution is -2.46. The summed E-state index contributed by atoms with van der Waals surface area (Å²) in [7, 11) is 0. The van der Waals surface area contributed by atoms with Gasteiger partial charge in [0.05, 0.1) is 18.0 Å². The lowest BCUT2D eigenvalue weighted by Gasteiger charge is -2.45. The molecule has 10 heteroatoms. The topological polar surface area (TPSA) is 83.3 Å². The predicted octanol–water partition coefficient (Wildman–Crippen LogP) is 11.4. The van der Waals surface area contributed by atoms with Gasteiger partial charge < -0.3 is 18.6 Å². The van der Waals surface area contributed by atoms with Crippen LogP contribution >= 0.6 is 23.2 Å². The fourth-order valence-corrected chi connectivity index (χ4v) is 7.34. The quantitative estimate of drug-likeness (QED) is 0.158. The van der Waals surface area contributed by atoms with Gasteiger partial charge in [0.15, 0.2) is 11.2 Å². The zero-order valence-electron chi connectivity index (χ0n) is 28.1. The van der Waals surface area contributed by atoms with Crippen molar-refractivity contribution in [3.8, 4) is 22.9 Å². The Labute approximate surface area is 314 Å². The Morgan fingerprint density at radius 1 is 0.528 bits per heavy atom. The highest BCUT2D eigenvalue weighted by molar-refractivity contribution is 6.31. The molecule has 4 heterocycles. The molecule has 256 valence electrons. The number of rotatable bonds is 6. The SMILES string of the molecule is Clc1ccc2oc(-c3ccc(N=Cc4ccc5c(c4)CN4CN5Cc5cc(C=Nc6ccc(-c7nc8cc(Cl)ccc8o7)cc6)ccc54)cc3)nc2c1. The van der Waals surface area contributed by atoms with Crippen molar-refractivity contribution >= 4 is 80.6 Å². The molecule has 0 fully saturated rings. The van der Waals surface area contributed by atoms with Gasteiger partial charge in [0.25, 0.3) is 0 Å². The molecule has 8 aromatic rings. The molecule has 53 heavy (non-hydrogen) atoms. The molecule has 6 aromatic carbocycles. The van der Waals surface area contributed by atoms with Crippen molar-refractivity contribution in [1.29, 1.82) is 0 Å². The molecule has 0 spiro atoms. The van der Waals surface area contributed by atoms with Gasteiger partial charge in [-0.25, -0.2) is 9.97 Å². The summed E-state index contributed by atoms with van der Waals surface area (Å²) in [5, 5.41) is 1.27. The smallest absolute Gasteiger partial charge is 0.227 e. The van der Waals surface area contributed by atoms with Crippen LogP contribution in [-0.2, 0) is 13.1 Å². The van der Waals surface area contributed by atoms with Gasteiger partial charge in [-0.05, 0) is 131 Å². The van der Waals surface area contributed by atoms with Crippen LogP contribution in [0.5, 0.6) is 0 Å². The second kappa shape index (κ2) is 12.8. The minimum absolute atomic E-state index is 0.557. The third-order valence-corrected chi connectivity index (χ3v) is 10.1.